The van der Waals surface area contributed by atoms with E-state index in [1.807, 2.05) is 37.3 Å². The molecule has 0 aliphatic carbocycles. The summed E-state index contributed by atoms with van der Waals surface area (Å²) in [6.07, 6.45) is 2.16. The number of nitrogens with one attached hydrogen (secondary N) is 1. The molecule has 1 unspecified atom stereocenters. The first-order chi connectivity index (χ1) is 9.26. The lowest BCUT2D eigenvalue weighted by atomic mass is 10.1. The third-order valence-corrected chi connectivity index (χ3v) is 3.03. The zero-order valence-corrected chi connectivity index (χ0v) is 10.9. The second kappa shape index (κ2) is 6.15. The van der Waals surface area contributed by atoms with Crippen LogP contribution in [0.15, 0.2) is 36.7 Å². The lowest BCUT2D eigenvalue weighted by Crippen LogP contribution is -2.17. The topological polar surface area (TPSA) is 84.1 Å². The van der Waals surface area contributed by atoms with Crippen LogP contribution in [0.3, 0.4) is 0 Å². The average molecular weight is 258 g/mol. The molecule has 0 radical (unpaired) electrons. The van der Waals surface area contributed by atoms with Gasteiger partial charge in [0.05, 0.1) is 12.6 Å². The molecule has 2 rings (SSSR count). The molecule has 5 nitrogen and oxygen atoms in total. The van der Waals surface area contributed by atoms with Crippen LogP contribution < -0.4 is 11.1 Å². The molecule has 0 bridgehead atoms. The second-order valence-electron chi connectivity index (χ2n) is 4.23. The van der Waals surface area contributed by atoms with Crippen LogP contribution in [-0.2, 0) is 6.42 Å². The fourth-order valence-corrected chi connectivity index (χ4v) is 1.98. The van der Waals surface area contributed by atoms with Crippen LogP contribution >= 0.6 is 0 Å². The number of rotatable bonds is 5. The highest BCUT2D eigenvalue weighted by atomic mass is 16.3. The minimum atomic E-state index is -0.208. The van der Waals surface area contributed by atoms with Gasteiger partial charge in [0.1, 0.15) is 18.0 Å². The molecule has 2 aromatic rings. The van der Waals surface area contributed by atoms with E-state index in [1.54, 1.807) is 0 Å². The summed E-state index contributed by atoms with van der Waals surface area (Å²) in [7, 11) is 0. The summed E-state index contributed by atoms with van der Waals surface area (Å²) in [6.45, 7) is 1.98. The molecule has 1 aromatic heterocycles. The summed E-state index contributed by atoms with van der Waals surface area (Å²) < 4.78 is 0. The van der Waals surface area contributed by atoms with Gasteiger partial charge in [-0.2, -0.15) is 0 Å². The number of aliphatic hydroxyl groups is 1. The van der Waals surface area contributed by atoms with Gasteiger partial charge >= 0.3 is 0 Å². The SMILES string of the molecule is CCc1c(N)ncnc1NC(CO)c1ccccc1. The predicted molar refractivity (Wildman–Crippen MR) is 75.7 cm³/mol. The number of benzene rings is 1. The maximum atomic E-state index is 9.54. The van der Waals surface area contributed by atoms with E-state index in [1.165, 1.54) is 6.33 Å². The summed E-state index contributed by atoms with van der Waals surface area (Å²) >= 11 is 0. The molecule has 100 valence electrons. The number of hydrogen-bond donors (Lipinski definition) is 3. The molecule has 4 N–H and O–H groups in total. The fraction of sp³-hybridized carbons (Fsp3) is 0.286. The van der Waals surface area contributed by atoms with Crippen molar-refractivity contribution < 1.29 is 5.11 Å². The molecule has 0 aliphatic rings. The molecule has 1 aromatic carbocycles. The van der Waals surface area contributed by atoms with E-state index in [0.29, 0.717) is 11.6 Å². The number of nitrogen functional groups attached to an aromatic ring is 1. The summed E-state index contributed by atoms with van der Waals surface area (Å²) in [5.41, 5.74) is 7.71. The van der Waals surface area contributed by atoms with E-state index in [2.05, 4.69) is 15.3 Å². The largest absolute Gasteiger partial charge is 0.394 e. The van der Waals surface area contributed by atoms with Crippen LogP contribution in [0.5, 0.6) is 0 Å². The van der Waals surface area contributed by atoms with Crippen molar-refractivity contribution in [2.45, 2.75) is 19.4 Å². The number of hydrogen-bond acceptors (Lipinski definition) is 5. The molecular weight excluding hydrogens is 240 g/mol. The first-order valence-electron chi connectivity index (χ1n) is 6.28. The van der Waals surface area contributed by atoms with Crippen molar-refractivity contribution in [3.8, 4) is 0 Å². The van der Waals surface area contributed by atoms with Crippen molar-refractivity contribution >= 4 is 11.6 Å². The van der Waals surface area contributed by atoms with Crippen molar-refractivity contribution in [3.05, 3.63) is 47.8 Å². The maximum absolute atomic E-state index is 9.54. The Balaban J connectivity index is 2.27. The summed E-state index contributed by atoms with van der Waals surface area (Å²) in [6, 6.07) is 9.54. The number of anilines is 2. The van der Waals surface area contributed by atoms with E-state index in [9.17, 15) is 5.11 Å². The molecule has 0 saturated heterocycles. The zero-order valence-electron chi connectivity index (χ0n) is 10.9. The first-order valence-corrected chi connectivity index (χ1v) is 6.28. The lowest BCUT2D eigenvalue weighted by Gasteiger charge is -2.19. The molecule has 19 heavy (non-hydrogen) atoms. The number of aliphatic hydroxyl groups excluding tert-OH is 1. The van der Waals surface area contributed by atoms with Gasteiger partial charge in [0, 0.05) is 5.56 Å². The van der Waals surface area contributed by atoms with Gasteiger partial charge in [-0.25, -0.2) is 9.97 Å². The van der Waals surface area contributed by atoms with Crippen molar-refractivity contribution in [2.75, 3.05) is 17.7 Å². The molecule has 1 atom stereocenters. The molecule has 5 heteroatoms. The molecule has 0 spiro atoms. The maximum Gasteiger partial charge on any atom is 0.135 e. The van der Waals surface area contributed by atoms with E-state index in [4.69, 9.17) is 5.73 Å². The van der Waals surface area contributed by atoms with Crippen molar-refractivity contribution in [2.24, 2.45) is 0 Å². The Morgan fingerprint density at radius 1 is 1.26 bits per heavy atom. The van der Waals surface area contributed by atoms with Gasteiger partial charge in [0.25, 0.3) is 0 Å². The standard InChI is InChI=1S/C14H18N4O/c1-2-11-13(15)16-9-17-14(11)18-12(8-19)10-6-4-3-5-7-10/h3-7,9,12,19H,2,8H2,1H3,(H3,15,16,17,18). The van der Waals surface area contributed by atoms with Gasteiger partial charge in [-0.3, -0.25) is 0 Å². The average Bonchev–Trinajstić information content (AvgIpc) is 2.46. The van der Waals surface area contributed by atoms with Gasteiger partial charge in [-0.15, -0.1) is 0 Å². The van der Waals surface area contributed by atoms with Crippen LogP contribution in [0.25, 0.3) is 0 Å². The monoisotopic (exact) mass is 258 g/mol. The van der Waals surface area contributed by atoms with Gasteiger partial charge < -0.3 is 16.2 Å². The second-order valence-corrected chi connectivity index (χ2v) is 4.23. The van der Waals surface area contributed by atoms with E-state index >= 15 is 0 Å². The van der Waals surface area contributed by atoms with Gasteiger partial charge in [0.2, 0.25) is 0 Å². The van der Waals surface area contributed by atoms with Crippen LogP contribution in [-0.4, -0.2) is 21.7 Å². The minimum Gasteiger partial charge on any atom is -0.394 e. The van der Waals surface area contributed by atoms with E-state index in [-0.39, 0.29) is 12.6 Å². The van der Waals surface area contributed by atoms with Crippen LogP contribution in [0, 0.1) is 0 Å². The van der Waals surface area contributed by atoms with Crippen LogP contribution in [0.2, 0.25) is 0 Å². The minimum absolute atomic E-state index is 0.0168. The summed E-state index contributed by atoms with van der Waals surface area (Å²) in [4.78, 5) is 8.19. The van der Waals surface area contributed by atoms with Gasteiger partial charge in [-0.05, 0) is 12.0 Å². The Kier molecular flexibility index (Phi) is 4.30. The molecular formula is C14H18N4O. The Bertz CT molecular complexity index is 530. The Morgan fingerprint density at radius 2 is 2.00 bits per heavy atom. The fourth-order valence-electron chi connectivity index (χ4n) is 1.98. The Labute approximate surface area is 112 Å². The van der Waals surface area contributed by atoms with Crippen molar-refractivity contribution in [1.82, 2.24) is 9.97 Å². The third kappa shape index (κ3) is 3.00. The molecule has 1 heterocycles. The van der Waals surface area contributed by atoms with Crippen molar-refractivity contribution in [1.29, 1.82) is 0 Å². The van der Waals surface area contributed by atoms with Crippen molar-refractivity contribution in [3.63, 3.8) is 0 Å². The highest BCUT2D eigenvalue weighted by molar-refractivity contribution is 5.55. The summed E-state index contributed by atoms with van der Waals surface area (Å²) in [5, 5.41) is 12.8. The third-order valence-electron chi connectivity index (χ3n) is 3.03. The number of nitrogens with zero attached hydrogens (tertiary/aromatic N) is 2. The lowest BCUT2D eigenvalue weighted by molar-refractivity contribution is 0.276. The highest BCUT2D eigenvalue weighted by Crippen LogP contribution is 2.23. The van der Waals surface area contributed by atoms with Crippen LogP contribution in [0.1, 0.15) is 24.1 Å². The molecule has 0 aliphatic heterocycles. The molecule has 0 amide bonds. The van der Waals surface area contributed by atoms with E-state index in [0.717, 1.165) is 17.5 Å². The summed E-state index contributed by atoms with van der Waals surface area (Å²) in [5.74, 6) is 1.16. The van der Waals surface area contributed by atoms with E-state index < -0.39 is 0 Å². The number of nitrogens with two attached hydrogens (primary N) is 1. The zero-order chi connectivity index (χ0) is 13.7. The predicted octanol–water partition coefficient (Wildman–Crippen LogP) is 1.77. The highest BCUT2D eigenvalue weighted by Gasteiger charge is 2.14. The number of aromatic nitrogens is 2. The quantitative estimate of drug-likeness (QED) is 0.761. The molecule has 0 fully saturated rings. The molecule has 0 saturated carbocycles. The Hall–Kier alpha value is -2.14. The van der Waals surface area contributed by atoms with Crippen LogP contribution in [0.4, 0.5) is 11.6 Å². The van der Waals surface area contributed by atoms with Gasteiger partial charge in [-0.1, -0.05) is 37.3 Å². The van der Waals surface area contributed by atoms with Gasteiger partial charge in [0.15, 0.2) is 0 Å². The Morgan fingerprint density at radius 3 is 2.63 bits per heavy atom. The first kappa shape index (κ1) is 13.3. The normalized spacial score (nSPS) is 12.1. The smallest absolute Gasteiger partial charge is 0.135 e.